The Bertz CT molecular complexity index is 4490. The monoisotopic (exact) mass is 983 g/mol. The lowest BCUT2D eigenvalue weighted by atomic mass is 10.0. The number of aromatic nitrogens is 2. The van der Waals surface area contributed by atoms with Gasteiger partial charge in [-0.15, -0.1) is 0 Å². The van der Waals surface area contributed by atoms with Crippen LogP contribution in [-0.2, 0) is 0 Å². The van der Waals surface area contributed by atoms with E-state index in [1.165, 1.54) is 103 Å². The lowest BCUT2D eigenvalue weighted by Crippen LogP contribution is -2.74. The van der Waals surface area contributed by atoms with E-state index >= 15 is 0 Å². The Balaban J connectivity index is 0.854. The second-order valence-corrected chi connectivity index (χ2v) is 23.8. The predicted molar refractivity (Wildman–Crippen MR) is 325 cm³/mol. The number of rotatable bonds is 10. The molecular weight excluding hydrogens is 935 g/mol. The molecule has 0 fully saturated rings. The molecule has 15 aromatic rings. The average Bonchev–Trinajstić information content (AvgIpc) is 4.15. The zero-order valence-corrected chi connectivity index (χ0v) is 42.6. The normalized spacial score (nSPS) is 11.9. The molecule has 15 rings (SSSR count). The number of para-hydroxylation sites is 4. The van der Waals surface area contributed by atoms with Crippen molar-refractivity contribution in [3.05, 3.63) is 297 Å². The molecule has 3 heterocycles. The molecule has 0 aliphatic carbocycles. The van der Waals surface area contributed by atoms with Gasteiger partial charge in [-0.1, -0.05) is 218 Å². The molecule has 0 radical (unpaired) electrons. The van der Waals surface area contributed by atoms with E-state index in [0.717, 1.165) is 22.7 Å². The van der Waals surface area contributed by atoms with Crippen LogP contribution in [0.3, 0.4) is 0 Å². The van der Waals surface area contributed by atoms with Gasteiger partial charge in [-0.25, -0.2) is 0 Å². The molecule has 12 aromatic carbocycles. The van der Waals surface area contributed by atoms with Gasteiger partial charge in [0.25, 0.3) is 0 Å². The summed E-state index contributed by atoms with van der Waals surface area (Å²) in [5.41, 5.74) is 15.3. The maximum atomic E-state index is 2.47. The highest BCUT2D eigenvalue weighted by Gasteiger charge is 2.41. The van der Waals surface area contributed by atoms with Crippen molar-refractivity contribution in [2.75, 3.05) is 4.90 Å². The SMILES string of the molecule is c1ccc(-n2c3ccccc3c3cc(-c4ccc(N(c5ccc(-c6ccc7c8cccc9c%10ccccc%10n(c7c6)c98)cc5)c5ccc([Si](c6ccccc6)(c6ccccc6)c6ccccc6)cc5)cc4)ccc32)cc1. The van der Waals surface area contributed by atoms with Crippen molar-refractivity contribution < 1.29 is 0 Å². The Morgan fingerprint density at radius 2 is 0.645 bits per heavy atom. The van der Waals surface area contributed by atoms with Crippen LogP contribution in [0.25, 0.3) is 87.8 Å². The van der Waals surface area contributed by atoms with Gasteiger partial charge in [0, 0.05) is 55.1 Å². The third-order valence-corrected chi connectivity index (χ3v) is 20.8. The van der Waals surface area contributed by atoms with Crippen molar-refractivity contribution in [1.82, 2.24) is 8.97 Å². The smallest absolute Gasteiger partial charge is 0.179 e. The average molecular weight is 984 g/mol. The molecule has 76 heavy (non-hydrogen) atoms. The van der Waals surface area contributed by atoms with Gasteiger partial charge in [0.2, 0.25) is 0 Å². The lowest BCUT2D eigenvalue weighted by molar-refractivity contribution is 1.18. The highest BCUT2D eigenvalue weighted by Crippen LogP contribution is 2.42. The van der Waals surface area contributed by atoms with E-state index < -0.39 is 8.07 Å². The maximum absolute atomic E-state index is 2.74. The summed E-state index contributed by atoms with van der Waals surface area (Å²) in [5.74, 6) is 0. The van der Waals surface area contributed by atoms with Crippen LogP contribution in [-0.4, -0.2) is 17.0 Å². The highest BCUT2D eigenvalue weighted by molar-refractivity contribution is 7.19. The number of nitrogens with zero attached hydrogens (tertiary/aromatic N) is 3. The van der Waals surface area contributed by atoms with E-state index in [2.05, 4.69) is 311 Å². The summed E-state index contributed by atoms with van der Waals surface area (Å²) in [6.45, 7) is 0. The molecule has 0 spiro atoms. The van der Waals surface area contributed by atoms with Crippen LogP contribution in [0.5, 0.6) is 0 Å². The maximum Gasteiger partial charge on any atom is 0.179 e. The van der Waals surface area contributed by atoms with Gasteiger partial charge in [0.15, 0.2) is 8.07 Å². The molecule has 356 valence electrons. The molecule has 4 heteroatoms. The van der Waals surface area contributed by atoms with Crippen molar-refractivity contribution in [3.63, 3.8) is 0 Å². The quantitative estimate of drug-likeness (QED) is 0.0983. The fourth-order valence-electron chi connectivity index (χ4n) is 12.6. The number of benzene rings is 12. The van der Waals surface area contributed by atoms with E-state index in [-0.39, 0.29) is 0 Å². The van der Waals surface area contributed by atoms with Crippen LogP contribution >= 0.6 is 0 Å². The van der Waals surface area contributed by atoms with E-state index in [1.807, 2.05) is 0 Å². The summed E-state index contributed by atoms with van der Waals surface area (Å²) >= 11 is 0. The first-order valence-corrected chi connectivity index (χ1v) is 28.2. The van der Waals surface area contributed by atoms with Crippen molar-refractivity contribution in [2.24, 2.45) is 0 Å². The predicted octanol–water partition coefficient (Wildman–Crippen LogP) is 16.1. The van der Waals surface area contributed by atoms with Crippen LogP contribution in [0.2, 0.25) is 0 Å². The van der Waals surface area contributed by atoms with Gasteiger partial charge >= 0.3 is 0 Å². The Morgan fingerprint density at radius 3 is 1.21 bits per heavy atom. The highest BCUT2D eigenvalue weighted by atomic mass is 28.3. The van der Waals surface area contributed by atoms with Crippen molar-refractivity contribution in [1.29, 1.82) is 0 Å². The summed E-state index contributed by atoms with van der Waals surface area (Å²) in [7, 11) is -2.74. The van der Waals surface area contributed by atoms with Gasteiger partial charge in [0.1, 0.15) is 0 Å². The molecule has 0 amide bonds. The van der Waals surface area contributed by atoms with Crippen molar-refractivity contribution >= 4 is 106 Å². The standard InChI is InChI=1S/C72H49N3Si/c1-5-18-54(19-6-1)74-68-30-15-14-27-63(68)67-48-52(37-47-70(67)74)50-32-38-55(39-33-50)73(57-42-44-61(45-43-57)76(58-20-7-2-8-21-58,59-22-9-3-10-23-59)60-24-11-4-12-25-60)56-40-34-51(35-41-56)53-36-46-64-66-29-17-28-65-62-26-13-16-31-69(62)75(72(65)66)71(64)49-53/h1-49H. The number of anilines is 3. The summed E-state index contributed by atoms with van der Waals surface area (Å²) in [6.07, 6.45) is 0. The van der Waals surface area contributed by atoms with Crippen LogP contribution in [0.15, 0.2) is 297 Å². The van der Waals surface area contributed by atoms with E-state index in [9.17, 15) is 0 Å². The molecule has 0 unspecified atom stereocenters. The Kier molecular flexibility index (Phi) is 10.2. The zero-order valence-electron chi connectivity index (χ0n) is 41.6. The van der Waals surface area contributed by atoms with Crippen LogP contribution in [0, 0.1) is 0 Å². The fraction of sp³-hybridized carbons (Fsp3) is 0. The zero-order chi connectivity index (χ0) is 50.2. The topological polar surface area (TPSA) is 12.6 Å². The second-order valence-electron chi connectivity index (χ2n) is 20.0. The molecule has 3 aromatic heterocycles. The Labute approximate surface area is 442 Å². The van der Waals surface area contributed by atoms with Crippen LogP contribution in [0.1, 0.15) is 0 Å². The second kappa shape index (κ2) is 17.7. The molecule has 0 saturated carbocycles. The van der Waals surface area contributed by atoms with Crippen molar-refractivity contribution in [2.45, 2.75) is 0 Å². The molecule has 3 nitrogen and oxygen atoms in total. The summed E-state index contributed by atoms with van der Waals surface area (Å²) in [6, 6.07) is 110. The number of hydrogen-bond donors (Lipinski definition) is 0. The van der Waals surface area contributed by atoms with Gasteiger partial charge in [-0.05, 0) is 122 Å². The van der Waals surface area contributed by atoms with E-state index in [1.54, 1.807) is 0 Å². The Hall–Kier alpha value is -9.74. The minimum Gasteiger partial charge on any atom is -0.311 e. The number of hydrogen-bond acceptors (Lipinski definition) is 1. The van der Waals surface area contributed by atoms with Gasteiger partial charge < -0.3 is 13.9 Å². The first-order chi connectivity index (χ1) is 37.7. The minimum atomic E-state index is -2.74. The third-order valence-electron chi connectivity index (χ3n) is 16.0. The molecule has 0 aliphatic heterocycles. The molecule has 0 N–H and O–H groups in total. The third kappa shape index (κ3) is 6.81. The van der Waals surface area contributed by atoms with Crippen molar-refractivity contribution in [3.8, 4) is 27.9 Å². The lowest BCUT2D eigenvalue weighted by Gasteiger charge is -2.35. The number of fused-ring (bicyclic) bond motifs is 9. The summed E-state index contributed by atoms with van der Waals surface area (Å²) < 4.78 is 4.84. The minimum absolute atomic E-state index is 1.09. The molecule has 0 atom stereocenters. The fourth-order valence-corrected chi connectivity index (χ4v) is 17.3. The summed E-state index contributed by atoms with van der Waals surface area (Å²) in [4.78, 5) is 2.41. The Morgan fingerprint density at radius 1 is 0.250 bits per heavy atom. The molecular formula is C72H49N3Si. The van der Waals surface area contributed by atoms with E-state index in [4.69, 9.17) is 0 Å². The van der Waals surface area contributed by atoms with Gasteiger partial charge in [0.05, 0.1) is 27.6 Å². The largest absolute Gasteiger partial charge is 0.311 e. The molecule has 0 saturated heterocycles. The first kappa shape index (κ1) is 43.8. The van der Waals surface area contributed by atoms with Crippen LogP contribution in [0.4, 0.5) is 17.1 Å². The first-order valence-electron chi connectivity index (χ1n) is 26.2. The van der Waals surface area contributed by atoms with E-state index in [0.29, 0.717) is 0 Å². The molecule has 0 aliphatic rings. The van der Waals surface area contributed by atoms with Gasteiger partial charge in [-0.2, -0.15) is 0 Å². The van der Waals surface area contributed by atoms with Gasteiger partial charge in [-0.3, -0.25) is 0 Å². The summed E-state index contributed by atoms with van der Waals surface area (Å²) in [5, 5.41) is 13.1. The van der Waals surface area contributed by atoms with Crippen LogP contribution < -0.4 is 25.6 Å². The molecule has 0 bridgehead atoms.